The van der Waals surface area contributed by atoms with E-state index >= 15 is 0 Å². The maximum atomic E-state index is 12.2. The largest absolute Gasteiger partial charge is 0.366 e. The lowest BCUT2D eigenvalue weighted by atomic mass is 10.1. The van der Waals surface area contributed by atoms with Gasteiger partial charge in [0.2, 0.25) is 5.91 Å². The Balaban J connectivity index is 1.64. The number of carbonyl (C=O) groups is 2. The van der Waals surface area contributed by atoms with Crippen LogP contribution < -0.4 is 11.1 Å². The third-order valence-corrected chi connectivity index (χ3v) is 4.92. The Bertz CT molecular complexity index is 958. The first-order valence-electron chi connectivity index (χ1n) is 8.18. The Morgan fingerprint density at radius 3 is 2.62 bits per heavy atom. The van der Waals surface area contributed by atoms with Crippen molar-refractivity contribution in [2.45, 2.75) is 26.9 Å². The molecule has 0 fully saturated rings. The standard InChI is InChI=1S/C19H20N4O2S/c1-12-6-13(2)23(22-12)10-15-5-3-4-14(7-15)9-21-19(25)17-8-16(11-26-17)18(20)24/h3-8,11H,9-10H2,1-2H3,(H2,20,24)(H,21,25). The van der Waals surface area contributed by atoms with Crippen LogP contribution in [0.3, 0.4) is 0 Å². The molecule has 0 spiro atoms. The zero-order chi connectivity index (χ0) is 18.7. The smallest absolute Gasteiger partial charge is 0.261 e. The molecule has 26 heavy (non-hydrogen) atoms. The minimum absolute atomic E-state index is 0.216. The fourth-order valence-corrected chi connectivity index (χ4v) is 3.51. The zero-order valence-electron chi connectivity index (χ0n) is 14.7. The van der Waals surface area contributed by atoms with E-state index in [-0.39, 0.29) is 5.91 Å². The Labute approximate surface area is 155 Å². The first kappa shape index (κ1) is 17.9. The second-order valence-electron chi connectivity index (χ2n) is 6.15. The molecule has 0 aliphatic heterocycles. The summed E-state index contributed by atoms with van der Waals surface area (Å²) in [4.78, 5) is 23.8. The lowest BCUT2D eigenvalue weighted by Crippen LogP contribution is -2.22. The minimum Gasteiger partial charge on any atom is -0.366 e. The third kappa shape index (κ3) is 4.18. The average molecular weight is 368 g/mol. The van der Waals surface area contributed by atoms with Crippen molar-refractivity contribution < 1.29 is 9.59 Å². The molecule has 3 aromatic rings. The molecule has 3 rings (SSSR count). The number of hydrogen-bond acceptors (Lipinski definition) is 4. The zero-order valence-corrected chi connectivity index (χ0v) is 15.5. The van der Waals surface area contributed by atoms with Gasteiger partial charge in [-0.05, 0) is 37.1 Å². The van der Waals surface area contributed by atoms with Crippen molar-refractivity contribution in [1.29, 1.82) is 0 Å². The maximum Gasteiger partial charge on any atom is 0.261 e. The van der Waals surface area contributed by atoms with Crippen LogP contribution in [0.5, 0.6) is 0 Å². The normalized spacial score (nSPS) is 10.7. The van der Waals surface area contributed by atoms with E-state index in [2.05, 4.69) is 16.5 Å². The topological polar surface area (TPSA) is 90.0 Å². The number of amides is 2. The van der Waals surface area contributed by atoms with Crippen LogP contribution in [0.15, 0.2) is 41.8 Å². The summed E-state index contributed by atoms with van der Waals surface area (Å²) in [5, 5.41) is 8.94. The number of nitrogens with two attached hydrogens (primary N) is 1. The van der Waals surface area contributed by atoms with Crippen molar-refractivity contribution in [3.05, 3.63) is 74.7 Å². The van der Waals surface area contributed by atoms with Gasteiger partial charge in [-0.25, -0.2) is 0 Å². The fourth-order valence-electron chi connectivity index (χ4n) is 2.70. The molecule has 2 amide bonds. The van der Waals surface area contributed by atoms with Crippen LogP contribution in [0, 0.1) is 13.8 Å². The van der Waals surface area contributed by atoms with E-state index in [1.165, 1.54) is 17.4 Å². The van der Waals surface area contributed by atoms with Gasteiger partial charge < -0.3 is 11.1 Å². The van der Waals surface area contributed by atoms with Gasteiger partial charge in [-0.2, -0.15) is 5.10 Å². The Morgan fingerprint density at radius 2 is 1.96 bits per heavy atom. The molecule has 134 valence electrons. The monoisotopic (exact) mass is 368 g/mol. The number of benzene rings is 1. The molecular weight excluding hydrogens is 348 g/mol. The fraction of sp³-hybridized carbons (Fsp3) is 0.211. The second-order valence-corrected chi connectivity index (χ2v) is 7.06. The molecule has 0 atom stereocenters. The number of aromatic nitrogens is 2. The summed E-state index contributed by atoms with van der Waals surface area (Å²) in [5.41, 5.74) is 9.80. The number of aryl methyl sites for hydroxylation is 2. The van der Waals surface area contributed by atoms with Crippen LogP contribution in [0.25, 0.3) is 0 Å². The highest BCUT2D eigenvalue weighted by atomic mass is 32.1. The van der Waals surface area contributed by atoms with E-state index in [0.29, 0.717) is 23.5 Å². The van der Waals surface area contributed by atoms with Gasteiger partial charge in [0, 0.05) is 17.6 Å². The summed E-state index contributed by atoms with van der Waals surface area (Å²) in [5.74, 6) is -0.747. The van der Waals surface area contributed by atoms with Gasteiger partial charge in [0.15, 0.2) is 0 Å². The SMILES string of the molecule is Cc1cc(C)n(Cc2cccc(CNC(=O)c3cc(C(N)=O)cs3)c2)n1. The summed E-state index contributed by atoms with van der Waals surface area (Å²) < 4.78 is 1.96. The average Bonchev–Trinajstić information content (AvgIpc) is 3.20. The van der Waals surface area contributed by atoms with Gasteiger partial charge >= 0.3 is 0 Å². The summed E-state index contributed by atoms with van der Waals surface area (Å²) in [6, 6.07) is 11.6. The van der Waals surface area contributed by atoms with Crippen LogP contribution >= 0.6 is 11.3 Å². The highest BCUT2D eigenvalue weighted by Crippen LogP contribution is 2.15. The third-order valence-electron chi connectivity index (χ3n) is 3.99. The van der Waals surface area contributed by atoms with Gasteiger partial charge in [-0.1, -0.05) is 24.3 Å². The van der Waals surface area contributed by atoms with Crippen LogP contribution in [-0.4, -0.2) is 21.6 Å². The molecule has 0 bridgehead atoms. The first-order valence-corrected chi connectivity index (χ1v) is 9.06. The number of primary amides is 1. The summed E-state index contributed by atoms with van der Waals surface area (Å²) >= 11 is 1.21. The summed E-state index contributed by atoms with van der Waals surface area (Å²) in [6.07, 6.45) is 0. The molecule has 0 aliphatic rings. The van der Waals surface area contributed by atoms with Crippen molar-refractivity contribution in [3.63, 3.8) is 0 Å². The first-order chi connectivity index (χ1) is 12.4. The van der Waals surface area contributed by atoms with Gasteiger partial charge in [0.05, 0.1) is 22.7 Å². The summed E-state index contributed by atoms with van der Waals surface area (Å²) in [7, 11) is 0. The van der Waals surface area contributed by atoms with E-state index in [1.807, 2.05) is 42.8 Å². The second kappa shape index (κ2) is 7.53. The van der Waals surface area contributed by atoms with Crippen molar-refractivity contribution >= 4 is 23.2 Å². The Hall–Kier alpha value is -2.93. The Kier molecular flexibility index (Phi) is 5.18. The molecule has 6 nitrogen and oxygen atoms in total. The number of thiophene rings is 1. The van der Waals surface area contributed by atoms with E-state index in [4.69, 9.17) is 5.73 Å². The van der Waals surface area contributed by atoms with E-state index in [0.717, 1.165) is 22.5 Å². The molecule has 0 saturated carbocycles. The molecule has 2 heterocycles. The van der Waals surface area contributed by atoms with E-state index < -0.39 is 5.91 Å². The highest BCUT2D eigenvalue weighted by molar-refractivity contribution is 7.12. The predicted molar refractivity (Wildman–Crippen MR) is 101 cm³/mol. The number of hydrogen-bond donors (Lipinski definition) is 2. The van der Waals surface area contributed by atoms with Crippen molar-refractivity contribution in [1.82, 2.24) is 15.1 Å². The van der Waals surface area contributed by atoms with Crippen LogP contribution in [0.1, 0.15) is 42.5 Å². The van der Waals surface area contributed by atoms with Gasteiger partial charge in [-0.15, -0.1) is 11.3 Å². The molecule has 7 heteroatoms. The molecule has 0 radical (unpaired) electrons. The van der Waals surface area contributed by atoms with Crippen LogP contribution in [-0.2, 0) is 13.1 Å². The Morgan fingerprint density at radius 1 is 1.19 bits per heavy atom. The number of rotatable bonds is 6. The molecule has 1 aromatic carbocycles. The van der Waals surface area contributed by atoms with E-state index in [9.17, 15) is 9.59 Å². The molecular formula is C19H20N4O2S. The maximum absolute atomic E-state index is 12.2. The van der Waals surface area contributed by atoms with E-state index in [1.54, 1.807) is 5.38 Å². The number of nitrogens with one attached hydrogen (secondary N) is 1. The minimum atomic E-state index is -0.530. The van der Waals surface area contributed by atoms with Crippen LogP contribution in [0.2, 0.25) is 0 Å². The number of nitrogens with zero attached hydrogens (tertiary/aromatic N) is 2. The highest BCUT2D eigenvalue weighted by Gasteiger charge is 2.11. The van der Waals surface area contributed by atoms with Crippen molar-refractivity contribution in [3.8, 4) is 0 Å². The van der Waals surface area contributed by atoms with Crippen molar-refractivity contribution in [2.24, 2.45) is 5.73 Å². The van der Waals surface area contributed by atoms with Gasteiger partial charge in [0.25, 0.3) is 5.91 Å². The molecule has 0 saturated heterocycles. The molecule has 0 aliphatic carbocycles. The van der Waals surface area contributed by atoms with Crippen molar-refractivity contribution in [2.75, 3.05) is 0 Å². The van der Waals surface area contributed by atoms with Gasteiger partial charge in [-0.3, -0.25) is 14.3 Å². The quantitative estimate of drug-likeness (QED) is 0.701. The van der Waals surface area contributed by atoms with Gasteiger partial charge in [0.1, 0.15) is 0 Å². The lowest BCUT2D eigenvalue weighted by molar-refractivity contribution is 0.0955. The van der Waals surface area contributed by atoms with Crippen LogP contribution in [0.4, 0.5) is 0 Å². The predicted octanol–water partition coefficient (Wildman–Crippen LogP) is 2.64. The molecule has 2 aromatic heterocycles. The molecule has 0 unspecified atom stereocenters. The number of carbonyl (C=O) groups excluding carboxylic acids is 2. The lowest BCUT2D eigenvalue weighted by Gasteiger charge is -2.08. The summed E-state index contributed by atoms with van der Waals surface area (Å²) in [6.45, 7) is 5.11. The molecule has 3 N–H and O–H groups in total.